The number of rotatable bonds is 1. The molecule has 0 bridgehead atoms. The predicted molar refractivity (Wildman–Crippen MR) is 34.3 cm³/mol. The third-order valence-electron chi connectivity index (χ3n) is 0.834. The van der Waals surface area contributed by atoms with Crippen molar-refractivity contribution in [1.29, 1.82) is 0 Å². The minimum Gasteiger partial charge on any atom is -0.247 e. The highest BCUT2D eigenvalue weighted by Gasteiger charge is 2.13. The molecule has 1 unspecified atom stereocenters. The molecule has 49 valence electrons. The Morgan fingerprint density at radius 1 is 1.50 bits per heavy atom. The molecular formula is C7H14F. The van der Waals surface area contributed by atoms with Gasteiger partial charge in [-0.15, -0.1) is 0 Å². The van der Waals surface area contributed by atoms with Crippen LogP contribution in [0, 0.1) is 12.3 Å². The fourth-order valence-electron chi connectivity index (χ4n) is 0.664. The Kier molecular flexibility index (Phi) is 2.45. The van der Waals surface area contributed by atoms with Crippen molar-refractivity contribution >= 4 is 0 Å². The van der Waals surface area contributed by atoms with Crippen LogP contribution in [0.1, 0.15) is 27.2 Å². The Hall–Kier alpha value is -0.0700. The molecule has 0 aromatic rings. The van der Waals surface area contributed by atoms with Crippen molar-refractivity contribution in [2.75, 3.05) is 0 Å². The molecule has 0 aliphatic rings. The fourth-order valence-corrected chi connectivity index (χ4v) is 0.664. The van der Waals surface area contributed by atoms with Crippen LogP contribution in [0.5, 0.6) is 0 Å². The second-order valence-electron chi connectivity index (χ2n) is 3.36. The van der Waals surface area contributed by atoms with Crippen molar-refractivity contribution in [3.63, 3.8) is 0 Å². The maximum Gasteiger partial charge on any atom is 0.101 e. The van der Waals surface area contributed by atoms with Crippen LogP contribution in [0.15, 0.2) is 0 Å². The Balaban J connectivity index is 3.39. The lowest BCUT2D eigenvalue weighted by atomic mass is 9.90. The molecule has 1 radical (unpaired) electrons. The van der Waals surface area contributed by atoms with Gasteiger partial charge in [0.05, 0.1) is 0 Å². The zero-order valence-corrected chi connectivity index (χ0v) is 5.87. The van der Waals surface area contributed by atoms with Gasteiger partial charge in [-0.25, -0.2) is 4.39 Å². The standard InChI is InChI=1S/C7H14F/c1-6(8)5-7(2,3)4/h6H,1,5H2,2-4H3. The Labute approximate surface area is 51.1 Å². The lowest BCUT2D eigenvalue weighted by molar-refractivity contribution is 0.262. The highest BCUT2D eigenvalue weighted by Crippen LogP contribution is 2.21. The highest BCUT2D eigenvalue weighted by molar-refractivity contribution is 4.68. The van der Waals surface area contributed by atoms with E-state index in [1.807, 2.05) is 20.8 Å². The first-order valence-electron chi connectivity index (χ1n) is 2.89. The van der Waals surface area contributed by atoms with Gasteiger partial charge >= 0.3 is 0 Å². The molecule has 0 aromatic heterocycles. The van der Waals surface area contributed by atoms with E-state index in [9.17, 15) is 4.39 Å². The van der Waals surface area contributed by atoms with Crippen molar-refractivity contribution in [3.05, 3.63) is 6.92 Å². The minimum atomic E-state index is -0.907. The number of halogens is 1. The van der Waals surface area contributed by atoms with E-state index in [1.54, 1.807) is 0 Å². The summed E-state index contributed by atoms with van der Waals surface area (Å²) in [5.41, 5.74) is 0.0845. The first-order chi connectivity index (χ1) is 3.42. The van der Waals surface area contributed by atoms with Gasteiger partial charge in [-0.05, 0) is 18.8 Å². The summed E-state index contributed by atoms with van der Waals surface area (Å²) < 4.78 is 12.1. The minimum absolute atomic E-state index is 0.0845. The second-order valence-corrected chi connectivity index (χ2v) is 3.36. The van der Waals surface area contributed by atoms with Crippen LogP contribution in [-0.2, 0) is 0 Å². The predicted octanol–water partition coefficient (Wildman–Crippen LogP) is 2.59. The first-order valence-corrected chi connectivity index (χ1v) is 2.89. The van der Waals surface area contributed by atoms with E-state index in [-0.39, 0.29) is 5.41 Å². The van der Waals surface area contributed by atoms with E-state index < -0.39 is 6.17 Å². The summed E-state index contributed by atoms with van der Waals surface area (Å²) in [5, 5.41) is 0. The summed E-state index contributed by atoms with van der Waals surface area (Å²) in [5.74, 6) is 0. The zero-order valence-electron chi connectivity index (χ0n) is 5.87. The Morgan fingerprint density at radius 2 is 1.88 bits per heavy atom. The van der Waals surface area contributed by atoms with E-state index in [0.29, 0.717) is 6.42 Å². The molecule has 0 nitrogen and oxygen atoms in total. The molecule has 0 saturated carbocycles. The van der Waals surface area contributed by atoms with E-state index in [2.05, 4.69) is 6.92 Å². The molecule has 0 amide bonds. The van der Waals surface area contributed by atoms with Crippen LogP contribution in [0.2, 0.25) is 0 Å². The molecule has 0 rings (SSSR count). The average Bonchev–Trinajstić information content (AvgIpc) is 1.21. The van der Waals surface area contributed by atoms with Crippen molar-refractivity contribution in [3.8, 4) is 0 Å². The number of alkyl halides is 1. The smallest absolute Gasteiger partial charge is 0.101 e. The molecule has 8 heavy (non-hydrogen) atoms. The summed E-state index contributed by atoms with van der Waals surface area (Å²) in [6.07, 6.45) is -0.359. The number of hydrogen-bond donors (Lipinski definition) is 0. The van der Waals surface area contributed by atoms with Gasteiger partial charge in [0.15, 0.2) is 0 Å². The molecule has 1 atom stereocenters. The van der Waals surface area contributed by atoms with Crippen LogP contribution in [0.3, 0.4) is 0 Å². The van der Waals surface area contributed by atoms with Gasteiger partial charge in [-0.3, -0.25) is 0 Å². The molecule has 0 aliphatic carbocycles. The molecular weight excluding hydrogens is 103 g/mol. The molecule has 0 N–H and O–H groups in total. The summed E-state index contributed by atoms with van der Waals surface area (Å²) in [6, 6.07) is 0. The molecule has 0 fully saturated rings. The number of hydrogen-bond acceptors (Lipinski definition) is 0. The van der Waals surface area contributed by atoms with E-state index in [1.165, 1.54) is 0 Å². The Bertz CT molecular complexity index is 59.3. The third kappa shape index (κ3) is 5.93. The Morgan fingerprint density at radius 3 is 1.88 bits per heavy atom. The van der Waals surface area contributed by atoms with Crippen molar-refractivity contribution in [2.45, 2.75) is 33.4 Å². The van der Waals surface area contributed by atoms with Crippen LogP contribution in [-0.4, -0.2) is 6.17 Å². The lowest BCUT2D eigenvalue weighted by Gasteiger charge is -2.17. The van der Waals surface area contributed by atoms with Crippen LogP contribution in [0.25, 0.3) is 0 Å². The van der Waals surface area contributed by atoms with Gasteiger partial charge in [0.1, 0.15) is 6.17 Å². The van der Waals surface area contributed by atoms with Crippen LogP contribution < -0.4 is 0 Å². The van der Waals surface area contributed by atoms with Gasteiger partial charge in [-0.1, -0.05) is 20.8 Å². The maximum atomic E-state index is 12.1. The molecule has 0 heterocycles. The average molecular weight is 117 g/mol. The van der Waals surface area contributed by atoms with Gasteiger partial charge in [0, 0.05) is 0 Å². The van der Waals surface area contributed by atoms with Gasteiger partial charge < -0.3 is 0 Å². The SMILES string of the molecule is [CH2]C(F)CC(C)(C)C. The maximum absolute atomic E-state index is 12.1. The third-order valence-corrected chi connectivity index (χ3v) is 0.834. The van der Waals surface area contributed by atoms with Crippen LogP contribution in [0.4, 0.5) is 4.39 Å². The zero-order chi connectivity index (χ0) is 6.78. The quantitative estimate of drug-likeness (QED) is 0.495. The normalized spacial score (nSPS) is 16.1. The summed E-state index contributed by atoms with van der Waals surface area (Å²) in [6.45, 7) is 9.27. The molecule has 0 spiro atoms. The summed E-state index contributed by atoms with van der Waals surface area (Å²) in [7, 11) is 0. The van der Waals surface area contributed by atoms with E-state index in [4.69, 9.17) is 0 Å². The monoisotopic (exact) mass is 117 g/mol. The van der Waals surface area contributed by atoms with Crippen molar-refractivity contribution in [2.24, 2.45) is 5.41 Å². The van der Waals surface area contributed by atoms with Crippen LogP contribution >= 0.6 is 0 Å². The van der Waals surface area contributed by atoms with Gasteiger partial charge in [-0.2, -0.15) is 0 Å². The summed E-state index contributed by atoms with van der Waals surface area (Å²) >= 11 is 0. The van der Waals surface area contributed by atoms with Gasteiger partial charge in [0.25, 0.3) is 0 Å². The highest BCUT2D eigenvalue weighted by atomic mass is 19.1. The van der Waals surface area contributed by atoms with E-state index >= 15 is 0 Å². The lowest BCUT2D eigenvalue weighted by Crippen LogP contribution is -2.10. The summed E-state index contributed by atoms with van der Waals surface area (Å²) in [4.78, 5) is 0. The first kappa shape index (κ1) is 7.93. The molecule has 1 heteroatoms. The van der Waals surface area contributed by atoms with Crippen molar-refractivity contribution in [1.82, 2.24) is 0 Å². The van der Waals surface area contributed by atoms with E-state index in [0.717, 1.165) is 0 Å². The van der Waals surface area contributed by atoms with Gasteiger partial charge in [0.2, 0.25) is 0 Å². The largest absolute Gasteiger partial charge is 0.247 e. The second kappa shape index (κ2) is 2.47. The molecule has 0 aliphatic heterocycles. The molecule has 0 aromatic carbocycles. The fraction of sp³-hybridized carbons (Fsp3) is 0.857. The van der Waals surface area contributed by atoms with Crippen molar-refractivity contribution < 1.29 is 4.39 Å². The molecule has 0 saturated heterocycles. The topological polar surface area (TPSA) is 0 Å².